The number of aromatic nitrogens is 3. The van der Waals surface area contributed by atoms with Gasteiger partial charge in [-0.25, -0.2) is 19.9 Å². The summed E-state index contributed by atoms with van der Waals surface area (Å²) in [5, 5.41) is 23.8. The van der Waals surface area contributed by atoms with Gasteiger partial charge in [-0.05, 0) is 13.0 Å². The van der Waals surface area contributed by atoms with Crippen molar-refractivity contribution in [1.82, 2.24) is 25.3 Å². The monoisotopic (exact) mass is 404 g/mol. The Kier molecular flexibility index (Phi) is 4.46. The molecule has 0 fully saturated rings. The first-order chi connectivity index (χ1) is 13.0. The lowest BCUT2D eigenvalue weighted by molar-refractivity contribution is -0.384. The minimum absolute atomic E-state index is 0.0703. The average molecular weight is 405 g/mol. The molecule has 4 rings (SSSR count). The molecule has 0 saturated carbocycles. The fraction of sp³-hybridized carbons (Fsp3) is 0.200. The van der Waals surface area contributed by atoms with Gasteiger partial charge in [-0.15, -0.1) is 0 Å². The van der Waals surface area contributed by atoms with Crippen LogP contribution in [0.2, 0.25) is 5.02 Å². The first-order valence-electron chi connectivity index (χ1n) is 7.91. The molecule has 10 nitrogen and oxygen atoms in total. The van der Waals surface area contributed by atoms with Gasteiger partial charge in [0.15, 0.2) is 0 Å². The van der Waals surface area contributed by atoms with Crippen LogP contribution in [0, 0.1) is 17.0 Å². The Morgan fingerprint density at radius 3 is 3.11 bits per heavy atom. The molecule has 0 aliphatic carbocycles. The Morgan fingerprint density at radius 1 is 1.52 bits per heavy atom. The lowest BCUT2D eigenvalue weighted by atomic mass is 10.1. The zero-order valence-electron chi connectivity index (χ0n) is 14.0. The number of hydrazone groups is 1. The van der Waals surface area contributed by atoms with Crippen molar-refractivity contribution < 1.29 is 4.92 Å². The number of nitro groups is 1. The van der Waals surface area contributed by atoms with Gasteiger partial charge in [-0.1, -0.05) is 29.0 Å². The predicted molar refractivity (Wildman–Crippen MR) is 104 cm³/mol. The van der Waals surface area contributed by atoms with Crippen LogP contribution in [-0.2, 0) is 0 Å². The highest BCUT2D eigenvalue weighted by Gasteiger charge is 2.20. The minimum atomic E-state index is -0.522. The minimum Gasteiger partial charge on any atom is -0.353 e. The zero-order chi connectivity index (χ0) is 19.0. The van der Waals surface area contributed by atoms with Gasteiger partial charge in [0, 0.05) is 18.2 Å². The summed E-state index contributed by atoms with van der Waals surface area (Å²) in [6, 6.07) is 4.56. The molecule has 0 amide bonds. The summed E-state index contributed by atoms with van der Waals surface area (Å²) in [7, 11) is 0. The molecular weight excluding hydrogens is 392 g/mol. The molecule has 12 heteroatoms. The zero-order valence-corrected chi connectivity index (χ0v) is 15.6. The Labute approximate surface area is 161 Å². The van der Waals surface area contributed by atoms with E-state index in [-0.39, 0.29) is 10.7 Å². The van der Waals surface area contributed by atoms with Crippen molar-refractivity contribution >= 4 is 45.8 Å². The van der Waals surface area contributed by atoms with Crippen molar-refractivity contribution in [2.45, 2.75) is 6.92 Å². The van der Waals surface area contributed by atoms with Gasteiger partial charge >= 0.3 is 0 Å². The van der Waals surface area contributed by atoms with E-state index in [9.17, 15) is 10.1 Å². The summed E-state index contributed by atoms with van der Waals surface area (Å²) < 4.78 is 1.66. The molecule has 1 aromatic carbocycles. The lowest BCUT2D eigenvalue weighted by Gasteiger charge is -2.02. The number of aryl methyl sites for hydroxylation is 1. The Balaban J connectivity index is 1.78. The van der Waals surface area contributed by atoms with Crippen molar-refractivity contribution in [1.29, 1.82) is 0 Å². The van der Waals surface area contributed by atoms with Crippen LogP contribution in [0.3, 0.4) is 0 Å². The van der Waals surface area contributed by atoms with E-state index in [4.69, 9.17) is 11.6 Å². The summed E-state index contributed by atoms with van der Waals surface area (Å²) in [4.78, 5) is 20.1. The molecule has 0 atom stereocenters. The second kappa shape index (κ2) is 6.93. The molecule has 3 aromatic rings. The largest absolute Gasteiger partial charge is 0.353 e. The second-order valence-electron chi connectivity index (χ2n) is 5.61. The third-order valence-corrected chi connectivity index (χ3v) is 4.93. The van der Waals surface area contributed by atoms with Crippen molar-refractivity contribution in [3.8, 4) is 11.3 Å². The number of rotatable bonds is 4. The highest BCUT2D eigenvalue weighted by Crippen LogP contribution is 2.32. The summed E-state index contributed by atoms with van der Waals surface area (Å²) in [5.41, 5.74) is 4.32. The molecule has 2 aromatic heterocycles. The van der Waals surface area contributed by atoms with Gasteiger partial charge in [0.25, 0.3) is 5.69 Å². The van der Waals surface area contributed by atoms with Gasteiger partial charge in [0.1, 0.15) is 21.4 Å². The molecular formula is C15H13ClN8O2S. The van der Waals surface area contributed by atoms with E-state index >= 15 is 0 Å². The topological polar surface area (TPSA) is 122 Å². The van der Waals surface area contributed by atoms with E-state index in [0.29, 0.717) is 34.4 Å². The highest BCUT2D eigenvalue weighted by atomic mass is 35.5. The van der Waals surface area contributed by atoms with Crippen LogP contribution >= 0.6 is 22.9 Å². The number of hydrogen-bond donors (Lipinski definition) is 2. The van der Waals surface area contributed by atoms with Crippen LogP contribution in [0.15, 0.2) is 28.3 Å². The summed E-state index contributed by atoms with van der Waals surface area (Å²) in [5.74, 6) is 0.588. The number of halogens is 1. The summed E-state index contributed by atoms with van der Waals surface area (Å²) in [6.07, 6.45) is 1.57. The van der Waals surface area contributed by atoms with E-state index < -0.39 is 4.92 Å². The van der Waals surface area contributed by atoms with E-state index in [1.165, 1.54) is 23.5 Å². The fourth-order valence-electron chi connectivity index (χ4n) is 2.62. The second-order valence-corrected chi connectivity index (χ2v) is 7.18. The fourth-order valence-corrected chi connectivity index (χ4v) is 3.55. The Hall–Kier alpha value is -3.05. The number of fused-ring (bicyclic) bond motifs is 1. The van der Waals surface area contributed by atoms with Crippen LogP contribution in [-0.4, -0.2) is 44.8 Å². The number of nitro benzene ring substituents is 1. The van der Waals surface area contributed by atoms with Crippen LogP contribution in [0.1, 0.15) is 10.7 Å². The molecule has 0 radical (unpaired) electrons. The molecule has 27 heavy (non-hydrogen) atoms. The van der Waals surface area contributed by atoms with Crippen molar-refractivity contribution in [2.75, 3.05) is 13.1 Å². The van der Waals surface area contributed by atoms with E-state index in [1.807, 2.05) is 6.92 Å². The third kappa shape index (κ3) is 3.34. The molecule has 3 heterocycles. The number of benzene rings is 1. The summed E-state index contributed by atoms with van der Waals surface area (Å²) >= 11 is 7.34. The normalized spacial score (nSPS) is 13.9. The molecule has 0 unspecified atom stereocenters. The van der Waals surface area contributed by atoms with Crippen LogP contribution in [0.5, 0.6) is 0 Å². The number of nitrogens with one attached hydrogen (secondary N) is 2. The van der Waals surface area contributed by atoms with Gasteiger partial charge in [0.05, 0.1) is 17.7 Å². The summed E-state index contributed by atoms with van der Waals surface area (Å²) in [6.45, 7) is 3.34. The standard InChI is InChI=1S/C15H13ClN8O2S/c1-8-22-23-12(7-19-21-14-17-4-5-18-14)13(20-15(23)27-8)9-2-3-10(16)11(6-9)24(25)26/h2-3,6-7H,4-5H2,1H3,(H2,17,18,21)/b19-7+. The molecule has 1 aliphatic heterocycles. The quantitative estimate of drug-likeness (QED) is 0.390. The average Bonchev–Trinajstić information content (AvgIpc) is 3.33. The number of aliphatic imine (C=N–C) groups is 1. The molecule has 2 N–H and O–H groups in total. The van der Waals surface area contributed by atoms with Crippen LogP contribution < -0.4 is 10.7 Å². The first kappa shape index (κ1) is 17.4. The van der Waals surface area contributed by atoms with Gasteiger partial charge in [0.2, 0.25) is 10.9 Å². The number of hydrogen-bond acceptors (Lipinski definition) is 9. The predicted octanol–water partition coefficient (Wildman–Crippen LogP) is 2.21. The molecule has 1 aliphatic rings. The number of guanidine groups is 1. The van der Waals surface area contributed by atoms with E-state index in [0.717, 1.165) is 11.6 Å². The lowest BCUT2D eigenvalue weighted by Crippen LogP contribution is -2.30. The highest BCUT2D eigenvalue weighted by molar-refractivity contribution is 7.16. The maximum atomic E-state index is 11.2. The van der Waals surface area contributed by atoms with E-state index in [1.54, 1.807) is 16.8 Å². The number of nitrogens with zero attached hydrogens (tertiary/aromatic N) is 6. The van der Waals surface area contributed by atoms with Gasteiger partial charge in [-0.3, -0.25) is 10.1 Å². The molecule has 0 spiro atoms. The van der Waals surface area contributed by atoms with Gasteiger partial charge in [-0.2, -0.15) is 10.2 Å². The van der Waals surface area contributed by atoms with Crippen LogP contribution in [0.25, 0.3) is 16.2 Å². The smallest absolute Gasteiger partial charge is 0.288 e. The van der Waals surface area contributed by atoms with Gasteiger partial charge < -0.3 is 5.32 Å². The van der Waals surface area contributed by atoms with Crippen LogP contribution in [0.4, 0.5) is 5.69 Å². The van der Waals surface area contributed by atoms with E-state index in [2.05, 4.69) is 30.9 Å². The van der Waals surface area contributed by atoms with Crippen molar-refractivity contribution in [2.24, 2.45) is 10.1 Å². The maximum Gasteiger partial charge on any atom is 0.288 e. The van der Waals surface area contributed by atoms with Crippen molar-refractivity contribution in [3.63, 3.8) is 0 Å². The molecule has 0 saturated heterocycles. The third-order valence-electron chi connectivity index (χ3n) is 3.79. The van der Waals surface area contributed by atoms with Crippen molar-refractivity contribution in [3.05, 3.63) is 44.0 Å². The SMILES string of the molecule is Cc1nn2c(/C=N/NC3=NCCN3)c(-c3ccc(Cl)c([N+](=O)[O-])c3)nc2s1. The maximum absolute atomic E-state index is 11.2. The first-order valence-corrected chi connectivity index (χ1v) is 9.10. The molecule has 0 bridgehead atoms. The number of imidazole rings is 1. The molecule has 138 valence electrons. The Morgan fingerprint density at radius 2 is 2.37 bits per heavy atom. The Bertz CT molecular complexity index is 1100.